The van der Waals surface area contributed by atoms with Crippen LogP contribution >= 0.6 is 0 Å². The van der Waals surface area contributed by atoms with Crippen LogP contribution in [0.1, 0.15) is 51.7 Å². The molecular weight excluding hydrogens is 208 g/mol. The lowest BCUT2D eigenvalue weighted by Gasteiger charge is -2.20. The Kier molecular flexibility index (Phi) is 3.67. The SMILES string of the molecule is Cc1noc([C@@H](C)CC(=O)OC(C)(C)C)n1. The molecule has 0 amide bonds. The average Bonchev–Trinajstić information content (AvgIpc) is 2.47. The zero-order chi connectivity index (χ0) is 12.3. The Morgan fingerprint density at radius 2 is 2.12 bits per heavy atom. The largest absolute Gasteiger partial charge is 0.460 e. The lowest BCUT2D eigenvalue weighted by Crippen LogP contribution is -2.24. The third-order valence-corrected chi connectivity index (χ3v) is 1.86. The maximum absolute atomic E-state index is 11.5. The van der Waals surface area contributed by atoms with Gasteiger partial charge in [-0.05, 0) is 27.7 Å². The van der Waals surface area contributed by atoms with Gasteiger partial charge in [0.1, 0.15) is 5.60 Å². The highest BCUT2D eigenvalue weighted by atomic mass is 16.6. The van der Waals surface area contributed by atoms with Gasteiger partial charge in [-0.25, -0.2) is 0 Å². The third-order valence-electron chi connectivity index (χ3n) is 1.86. The number of aromatic nitrogens is 2. The van der Waals surface area contributed by atoms with Crippen LogP contribution in [0.25, 0.3) is 0 Å². The summed E-state index contributed by atoms with van der Waals surface area (Å²) in [4.78, 5) is 15.6. The summed E-state index contributed by atoms with van der Waals surface area (Å²) in [7, 11) is 0. The van der Waals surface area contributed by atoms with Crippen LogP contribution in [-0.4, -0.2) is 21.7 Å². The Hall–Kier alpha value is -1.39. The molecule has 1 heterocycles. The van der Waals surface area contributed by atoms with Crippen molar-refractivity contribution < 1.29 is 14.1 Å². The van der Waals surface area contributed by atoms with Gasteiger partial charge in [0.25, 0.3) is 0 Å². The first-order valence-corrected chi connectivity index (χ1v) is 5.30. The van der Waals surface area contributed by atoms with E-state index in [2.05, 4.69) is 10.1 Å². The monoisotopic (exact) mass is 226 g/mol. The van der Waals surface area contributed by atoms with E-state index >= 15 is 0 Å². The summed E-state index contributed by atoms with van der Waals surface area (Å²) in [5.74, 6) is 0.682. The second-order valence-electron chi connectivity index (χ2n) is 4.87. The van der Waals surface area contributed by atoms with Crippen molar-refractivity contribution in [2.24, 2.45) is 0 Å². The molecule has 0 aliphatic carbocycles. The Balaban J connectivity index is 2.52. The number of esters is 1. The van der Waals surface area contributed by atoms with E-state index < -0.39 is 5.60 Å². The van der Waals surface area contributed by atoms with E-state index in [0.717, 1.165) is 0 Å². The van der Waals surface area contributed by atoms with E-state index in [-0.39, 0.29) is 18.3 Å². The van der Waals surface area contributed by atoms with Crippen LogP contribution in [0.5, 0.6) is 0 Å². The van der Waals surface area contributed by atoms with Gasteiger partial charge in [0.15, 0.2) is 5.82 Å². The van der Waals surface area contributed by atoms with Crippen molar-refractivity contribution in [3.8, 4) is 0 Å². The quantitative estimate of drug-likeness (QED) is 0.739. The first-order chi connectivity index (χ1) is 7.28. The molecule has 0 aromatic carbocycles. The van der Waals surface area contributed by atoms with Gasteiger partial charge in [0.2, 0.25) is 5.89 Å². The molecule has 0 N–H and O–H groups in total. The second-order valence-corrected chi connectivity index (χ2v) is 4.87. The van der Waals surface area contributed by atoms with E-state index in [4.69, 9.17) is 9.26 Å². The van der Waals surface area contributed by atoms with E-state index in [9.17, 15) is 4.79 Å². The van der Waals surface area contributed by atoms with Crippen molar-refractivity contribution in [1.29, 1.82) is 0 Å². The minimum Gasteiger partial charge on any atom is -0.460 e. The molecular formula is C11H18N2O3. The van der Waals surface area contributed by atoms with Crippen LogP contribution in [0.4, 0.5) is 0 Å². The van der Waals surface area contributed by atoms with E-state index in [1.165, 1.54) is 0 Å². The molecule has 1 rings (SSSR count). The molecule has 0 saturated heterocycles. The second kappa shape index (κ2) is 4.63. The number of hydrogen-bond acceptors (Lipinski definition) is 5. The van der Waals surface area contributed by atoms with Crippen molar-refractivity contribution in [2.75, 3.05) is 0 Å². The molecule has 90 valence electrons. The van der Waals surface area contributed by atoms with Crippen molar-refractivity contribution in [3.63, 3.8) is 0 Å². The van der Waals surface area contributed by atoms with Gasteiger partial charge in [-0.1, -0.05) is 12.1 Å². The smallest absolute Gasteiger partial charge is 0.307 e. The van der Waals surface area contributed by atoms with Crippen molar-refractivity contribution in [3.05, 3.63) is 11.7 Å². The number of ether oxygens (including phenoxy) is 1. The molecule has 0 fully saturated rings. The Labute approximate surface area is 95.2 Å². The minimum absolute atomic E-state index is 0.115. The molecule has 0 saturated carbocycles. The molecule has 0 spiro atoms. The van der Waals surface area contributed by atoms with Crippen LogP contribution < -0.4 is 0 Å². The highest BCUT2D eigenvalue weighted by molar-refractivity contribution is 5.70. The number of carbonyl (C=O) groups is 1. The van der Waals surface area contributed by atoms with Gasteiger partial charge in [-0.2, -0.15) is 4.98 Å². The average molecular weight is 226 g/mol. The number of hydrogen-bond donors (Lipinski definition) is 0. The molecule has 1 aromatic rings. The molecule has 16 heavy (non-hydrogen) atoms. The zero-order valence-corrected chi connectivity index (χ0v) is 10.4. The summed E-state index contributed by atoms with van der Waals surface area (Å²) in [6.07, 6.45) is 0.249. The molecule has 0 bridgehead atoms. The predicted molar refractivity (Wildman–Crippen MR) is 57.9 cm³/mol. The molecule has 0 aliphatic heterocycles. The topological polar surface area (TPSA) is 65.2 Å². The summed E-state index contributed by atoms with van der Waals surface area (Å²) < 4.78 is 10.2. The fraction of sp³-hybridized carbons (Fsp3) is 0.727. The van der Waals surface area contributed by atoms with Crippen LogP contribution in [-0.2, 0) is 9.53 Å². The summed E-state index contributed by atoms with van der Waals surface area (Å²) in [6, 6.07) is 0. The van der Waals surface area contributed by atoms with Gasteiger partial charge in [-0.15, -0.1) is 0 Å². The molecule has 5 nitrogen and oxygen atoms in total. The fourth-order valence-electron chi connectivity index (χ4n) is 1.23. The van der Waals surface area contributed by atoms with Gasteiger partial charge in [-0.3, -0.25) is 4.79 Å². The van der Waals surface area contributed by atoms with Crippen LogP contribution in [0.2, 0.25) is 0 Å². The van der Waals surface area contributed by atoms with Crippen molar-refractivity contribution in [1.82, 2.24) is 10.1 Å². The zero-order valence-electron chi connectivity index (χ0n) is 10.4. The highest BCUT2D eigenvalue weighted by Gasteiger charge is 2.21. The van der Waals surface area contributed by atoms with E-state index in [0.29, 0.717) is 11.7 Å². The molecule has 5 heteroatoms. The first-order valence-electron chi connectivity index (χ1n) is 5.30. The van der Waals surface area contributed by atoms with Gasteiger partial charge in [0.05, 0.1) is 6.42 Å². The molecule has 0 radical (unpaired) electrons. The molecule has 1 aromatic heterocycles. The first kappa shape index (κ1) is 12.7. The maximum atomic E-state index is 11.5. The van der Waals surface area contributed by atoms with Crippen molar-refractivity contribution in [2.45, 2.75) is 52.6 Å². The standard InChI is InChI=1S/C11H18N2O3/c1-7(10-12-8(2)13-16-10)6-9(14)15-11(3,4)5/h7H,6H2,1-5H3/t7-/m0/s1. The summed E-state index contributed by atoms with van der Waals surface area (Å²) in [5, 5.41) is 3.68. The summed E-state index contributed by atoms with van der Waals surface area (Å²) in [6.45, 7) is 9.12. The molecule has 0 unspecified atom stereocenters. The maximum Gasteiger partial charge on any atom is 0.307 e. The van der Waals surface area contributed by atoms with Crippen LogP contribution in [0.3, 0.4) is 0 Å². The van der Waals surface area contributed by atoms with Gasteiger partial charge >= 0.3 is 5.97 Å². The van der Waals surface area contributed by atoms with Crippen LogP contribution in [0, 0.1) is 6.92 Å². The minimum atomic E-state index is -0.457. The summed E-state index contributed by atoms with van der Waals surface area (Å²) in [5.41, 5.74) is -0.457. The van der Waals surface area contributed by atoms with Crippen LogP contribution in [0.15, 0.2) is 4.52 Å². The predicted octanol–water partition coefficient (Wildman–Crippen LogP) is 2.21. The lowest BCUT2D eigenvalue weighted by molar-refractivity contribution is -0.155. The number of carbonyl (C=O) groups excluding carboxylic acids is 1. The third kappa shape index (κ3) is 4.00. The number of rotatable bonds is 3. The Morgan fingerprint density at radius 1 is 1.50 bits per heavy atom. The van der Waals surface area contributed by atoms with Gasteiger partial charge in [0, 0.05) is 5.92 Å². The fourth-order valence-corrected chi connectivity index (χ4v) is 1.23. The van der Waals surface area contributed by atoms with Gasteiger partial charge < -0.3 is 9.26 Å². The van der Waals surface area contributed by atoms with E-state index in [1.54, 1.807) is 6.92 Å². The number of aryl methyl sites for hydroxylation is 1. The Morgan fingerprint density at radius 3 is 2.56 bits per heavy atom. The molecule has 1 atom stereocenters. The highest BCUT2D eigenvalue weighted by Crippen LogP contribution is 2.19. The summed E-state index contributed by atoms with van der Waals surface area (Å²) >= 11 is 0. The lowest BCUT2D eigenvalue weighted by atomic mass is 10.1. The molecule has 0 aliphatic rings. The van der Waals surface area contributed by atoms with Crippen molar-refractivity contribution >= 4 is 5.97 Å². The Bertz CT molecular complexity index is 366. The van der Waals surface area contributed by atoms with E-state index in [1.807, 2.05) is 27.7 Å². The normalized spacial score (nSPS) is 13.6. The number of nitrogens with zero attached hydrogens (tertiary/aromatic N) is 2.